The predicted molar refractivity (Wildman–Crippen MR) is 209 cm³/mol. The lowest BCUT2D eigenvalue weighted by atomic mass is 10.0. The molecule has 0 aliphatic rings. The van der Waals surface area contributed by atoms with E-state index in [0.29, 0.717) is 12.8 Å². The van der Waals surface area contributed by atoms with Crippen molar-refractivity contribution in [2.45, 2.75) is 270 Å². The molecular formula is C44H86O4. The Kier molecular flexibility index (Phi) is 39.5. The molecular weight excluding hydrogens is 592 g/mol. The van der Waals surface area contributed by atoms with Gasteiger partial charge in [-0.1, -0.05) is 239 Å². The average molecular weight is 679 g/mol. The Bertz CT molecular complexity index is 648. The first kappa shape index (κ1) is 46.9. The number of hydrogen-bond donors (Lipinski definition) is 1. The van der Waals surface area contributed by atoms with Crippen molar-refractivity contribution >= 4 is 11.9 Å². The van der Waals surface area contributed by atoms with E-state index in [1.54, 1.807) is 0 Å². The van der Waals surface area contributed by atoms with E-state index in [0.717, 1.165) is 38.5 Å². The number of unbranched alkanes of at least 4 members (excludes halogenated alkanes) is 35. The number of carbonyl (C=O) groups excluding carboxylic acids is 1. The molecule has 0 aromatic rings. The highest BCUT2D eigenvalue weighted by molar-refractivity contribution is 5.77. The van der Waals surface area contributed by atoms with E-state index in [-0.39, 0.29) is 5.97 Å². The second kappa shape index (κ2) is 40.4. The van der Waals surface area contributed by atoms with Crippen molar-refractivity contribution in [3.8, 4) is 0 Å². The quantitative estimate of drug-likeness (QED) is 0.0516. The summed E-state index contributed by atoms with van der Waals surface area (Å²) >= 11 is 0. The second-order valence-corrected chi connectivity index (χ2v) is 15.2. The molecule has 4 heteroatoms. The van der Waals surface area contributed by atoms with Crippen molar-refractivity contribution in [2.75, 3.05) is 0 Å². The van der Waals surface area contributed by atoms with E-state index in [9.17, 15) is 14.7 Å². The Balaban J connectivity index is 3.46. The third-order valence-corrected chi connectivity index (χ3v) is 10.4. The minimum absolute atomic E-state index is 0.336. The zero-order chi connectivity index (χ0) is 35.0. The van der Waals surface area contributed by atoms with Crippen molar-refractivity contribution < 1.29 is 19.4 Å². The fourth-order valence-electron chi connectivity index (χ4n) is 7.03. The largest absolute Gasteiger partial charge is 0.479 e. The fraction of sp³-hybridized carbons (Fsp3) is 0.955. The number of carboxylic acids is 1. The van der Waals surface area contributed by atoms with Gasteiger partial charge in [-0.25, -0.2) is 4.79 Å². The normalized spacial score (nSPS) is 12.0. The average Bonchev–Trinajstić information content (AvgIpc) is 3.08. The molecule has 1 N–H and O–H groups in total. The van der Waals surface area contributed by atoms with E-state index < -0.39 is 12.1 Å². The standard InChI is InChI=1S/C44H86O4/c1-3-5-7-9-11-13-15-17-19-21-23-25-27-29-31-33-35-37-39-41-43(45)48-42(44(46)47)40-38-36-34-32-30-28-26-24-22-20-18-16-14-12-10-8-6-4-2/h42H,3-41H2,1-2H3,(H,46,47). The van der Waals surface area contributed by atoms with Crippen molar-refractivity contribution in [3.63, 3.8) is 0 Å². The molecule has 1 unspecified atom stereocenters. The number of hydrogen-bond acceptors (Lipinski definition) is 3. The molecule has 0 aliphatic carbocycles. The van der Waals surface area contributed by atoms with Crippen LogP contribution >= 0.6 is 0 Å². The molecule has 0 saturated heterocycles. The van der Waals surface area contributed by atoms with Crippen molar-refractivity contribution in [1.29, 1.82) is 0 Å². The smallest absolute Gasteiger partial charge is 0.345 e. The van der Waals surface area contributed by atoms with Crippen LogP contribution in [0.25, 0.3) is 0 Å². The maximum absolute atomic E-state index is 12.2. The minimum Gasteiger partial charge on any atom is -0.479 e. The molecule has 0 spiro atoms. The van der Waals surface area contributed by atoms with Gasteiger partial charge in [0.05, 0.1) is 0 Å². The van der Waals surface area contributed by atoms with E-state index in [2.05, 4.69) is 13.8 Å². The Morgan fingerprint density at radius 2 is 0.604 bits per heavy atom. The predicted octanol–water partition coefficient (Wildman–Crippen LogP) is 15.2. The monoisotopic (exact) mass is 679 g/mol. The van der Waals surface area contributed by atoms with Gasteiger partial charge < -0.3 is 9.84 Å². The molecule has 4 nitrogen and oxygen atoms in total. The zero-order valence-electron chi connectivity index (χ0n) is 32.8. The molecule has 0 aromatic carbocycles. The maximum Gasteiger partial charge on any atom is 0.345 e. The summed E-state index contributed by atoms with van der Waals surface area (Å²) in [7, 11) is 0. The zero-order valence-corrected chi connectivity index (χ0v) is 32.8. The summed E-state index contributed by atoms with van der Waals surface area (Å²) in [5.74, 6) is -1.33. The van der Waals surface area contributed by atoms with Crippen LogP contribution in [0.1, 0.15) is 264 Å². The number of rotatable bonds is 41. The highest BCUT2D eigenvalue weighted by Gasteiger charge is 2.21. The van der Waals surface area contributed by atoms with Gasteiger partial charge in [0, 0.05) is 6.42 Å². The second-order valence-electron chi connectivity index (χ2n) is 15.2. The van der Waals surface area contributed by atoms with Gasteiger partial charge in [-0.2, -0.15) is 0 Å². The van der Waals surface area contributed by atoms with Gasteiger partial charge in [-0.05, 0) is 19.3 Å². The first-order valence-electron chi connectivity index (χ1n) is 22.0. The minimum atomic E-state index is -0.997. The van der Waals surface area contributed by atoms with Crippen molar-refractivity contribution in [1.82, 2.24) is 0 Å². The lowest BCUT2D eigenvalue weighted by Gasteiger charge is -2.13. The lowest BCUT2D eigenvalue weighted by Crippen LogP contribution is -2.27. The molecule has 0 radical (unpaired) electrons. The van der Waals surface area contributed by atoms with Crippen LogP contribution in [0.15, 0.2) is 0 Å². The van der Waals surface area contributed by atoms with Crippen LogP contribution in [0.4, 0.5) is 0 Å². The summed E-state index contributed by atoms with van der Waals surface area (Å²) in [4.78, 5) is 23.9. The summed E-state index contributed by atoms with van der Waals surface area (Å²) in [6.45, 7) is 4.57. The van der Waals surface area contributed by atoms with Crippen LogP contribution in [-0.4, -0.2) is 23.1 Å². The number of aliphatic carboxylic acids is 1. The first-order chi connectivity index (χ1) is 23.6. The van der Waals surface area contributed by atoms with Gasteiger partial charge in [0.15, 0.2) is 6.10 Å². The highest BCUT2D eigenvalue weighted by Crippen LogP contribution is 2.17. The third-order valence-electron chi connectivity index (χ3n) is 10.4. The molecule has 0 aliphatic heterocycles. The maximum atomic E-state index is 12.2. The van der Waals surface area contributed by atoms with E-state index in [4.69, 9.17) is 4.74 Å². The Morgan fingerprint density at radius 3 is 0.854 bits per heavy atom. The molecule has 1 atom stereocenters. The number of carbonyl (C=O) groups is 2. The topological polar surface area (TPSA) is 63.6 Å². The Morgan fingerprint density at radius 1 is 0.375 bits per heavy atom. The Labute approximate surface area is 301 Å². The van der Waals surface area contributed by atoms with Crippen LogP contribution in [0.3, 0.4) is 0 Å². The number of carboxylic acid groups (broad SMARTS) is 1. The number of esters is 1. The van der Waals surface area contributed by atoms with Gasteiger partial charge in [-0.15, -0.1) is 0 Å². The molecule has 0 aromatic heterocycles. The molecule has 0 heterocycles. The summed E-state index contributed by atoms with van der Waals surface area (Å²) in [6, 6.07) is 0. The van der Waals surface area contributed by atoms with Crippen molar-refractivity contribution in [3.05, 3.63) is 0 Å². The van der Waals surface area contributed by atoms with E-state index in [1.807, 2.05) is 0 Å². The van der Waals surface area contributed by atoms with Gasteiger partial charge in [0.2, 0.25) is 0 Å². The summed E-state index contributed by atoms with van der Waals surface area (Å²) in [5.41, 5.74) is 0. The number of ether oxygens (including phenoxy) is 1. The molecule has 0 saturated carbocycles. The van der Waals surface area contributed by atoms with Gasteiger partial charge in [-0.3, -0.25) is 4.79 Å². The summed E-state index contributed by atoms with van der Waals surface area (Å²) in [6.07, 6.45) is 48.7. The van der Waals surface area contributed by atoms with E-state index in [1.165, 1.54) is 199 Å². The summed E-state index contributed by atoms with van der Waals surface area (Å²) in [5, 5.41) is 9.52. The first-order valence-corrected chi connectivity index (χ1v) is 22.0. The summed E-state index contributed by atoms with van der Waals surface area (Å²) < 4.78 is 5.34. The molecule has 0 fully saturated rings. The van der Waals surface area contributed by atoms with Crippen LogP contribution in [0, 0.1) is 0 Å². The molecule has 286 valence electrons. The van der Waals surface area contributed by atoms with Crippen LogP contribution in [-0.2, 0) is 14.3 Å². The van der Waals surface area contributed by atoms with Crippen LogP contribution in [0.5, 0.6) is 0 Å². The highest BCUT2D eigenvalue weighted by atomic mass is 16.6. The van der Waals surface area contributed by atoms with Crippen LogP contribution in [0.2, 0.25) is 0 Å². The lowest BCUT2D eigenvalue weighted by molar-refractivity contribution is -0.164. The van der Waals surface area contributed by atoms with Crippen molar-refractivity contribution in [2.24, 2.45) is 0 Å². The third kappa shape index (κ3) is 37.8. The molecule has 0 amide bonds. The Hall–Kier alpha value is -1.06. The van der Waals surface area contributed by atoms with Crippen LogP contribution < -0.4 is 0 Å². The SMILES string of the molecule is CCCCCCCCCCCCCCCCCCCCCC(=O)OC(CCCCCCCCCCCCCCCCCCCC)C(=O)O. The molecule has 0 bridgehead atoms. The van der Waals surface area contributed by atoms with Gasteiger partial charge in [0.25, 0.3) is 0 Å². The molecule has 0 rings (SSSR count). The van der Waals surface area contributed by atoms with Gasteiger partial charge in [0.1, 0.15) is 0 Å². The fourth-order valence-corrected chi connectivity index (χ4v) is 7.03. The van der Waals surface area contributed by atoms with E-state index >= 15 is 0 Å². The van der Waals surface area contributed by atoms with Gasteiger partial charge >= 0.3 is 11.9 Å². The molecule has 48 heavy (non-hydrogen) atoms.